The lowest BCUT2D eigenvalue weighted by atomic mass is 9.88. The second kappa shape index (κ2) is 3.14. The molecule has 1 unspecified atom stereocenters. The van der Waals surface area contributed by atoms with Gasteiger partial charge in [0.05, 0.1) is 0 Å². The number of hydrogen-bond donors (Lipinski definition) is 1. The highest BCUT2D eigenvalue weighted by molar-refractivity contribution is 9.10. The van der Waals surface area contributed by atoms with E-state index in [0.29, 0.717) is 5.92 Å². The summed E-state index contributed by atoms with van der Waals surface area (Å²) >= 11 is 3.33. The Kier molecular flexibility index (Phi) is 2.24. The van der Waals surface area contributed by atoms with Crippen LogP contribution in [0.25, 0.3) is 0 Å². The van der Waals surface area contributed by atoms with Gasteiger partial charge in [-0.25, -0.2) is 0 Å². The van der Waals surface area contributed by atoms with Gasteiger partial charge in [-0.1, -0.05) is 6.92 Å². The lowest BCUT2D eigenvalue weighted by Crippen LogP contribution is -2.24. The molecule has 2 rings (SSSR count). The zero-order valence-electron chi connectivity index (χ0n) is 7.72. The third kappa shape index (κ3) is 1.44. The summed E-state index contributed by atoms with van der Waals surface area (Å²) in [6.45, 7) is 2.93. The van der Waals surface area contributed by atoms with Crippen LogP contribution < -0.4 is 5.73 Å². The van der Waals surface area contributed by atoms with Gasteiger partial charge in [0.2, 0.25) is 0 Å². The molecule has 0 spiro atoms. The van der Waals surface area contributed by atoms with Crippen molar-refractivity contribution in [1.82, 2.24) is 0 Å². The quantitative estimate of drug-likeness (QED) is 0.887. The van der Waals surface area contributed by atoms with Crippen LogP contribution in [-0.4, -0.2) is 6.54 Å². The highest BCUT2D eigenvalue weighted by atomic mass is 79.9. The highest BCUT2D eigenvalue weighted by Crippen LogP contribution is 2.54. The van der Waals surface area contributed by atoms with Crippen LogP contribution in [0.15, 0.2) is 21.2 Å². The molecule has 1 saturated carbocycles. The Labute approximate surface area is 86.6 Å². The first-order valence-electron chi connectivity index (χ1n) is 4.65. The molecule has 13 heavy (non-hydrogen) atoms. The number of halogens is 1. The van der Waals surface area contributed by atoms with Crippen molar-refractivity contribution in [1.29, 1.82) is 0 Å². The molecule has 0 radical (unpaired) electrons. The van der Waals surface area contributed by atoms with Gasteiger partial charge in [-0.15, -0.1) is 0 Å². The molecule has 3 heteroatoms. The molecule has 72 valence electrons. The summed E-state index contributed by atoms with van der Waals surface area (Å²) in [6.07, 6.45) is 2.43. The molecule has 0 amide bonds. The summed E-state index contributed by atoms with van der Waals surface area (Å²) in [4.78, 5) is 0. The van der Waals surface area contributed by atoms with Gasteiger partial charge in [-0.3, -0.25) is 0 Å². The molecule has 1 aromatic heterocycles. The predicted molar refractivity (Wildman–Crippen MR) is 55.5 cm³/mol. The van der Waals surface area contributed by atoms with Gasteiger partial charge in [0.25, 0.3) is 0 Å². The summed E-state index contributed by atoms with van der Waals surface area (Å²) in [6, 6.07) is 4.02. The van der Waals surface area contributed by atoms with Crippen LogP contribution in [0, 0.1) is 5.92 Å². The first-order valence-corrected chi connectivity index (χ1v) is 5.44. The van der Waals surface area contributed by atoms with Crippen molar-refractivity contribution in [2.75, 3.05) is 6.54 Å². The normalized spacial score (nSPS) is 21.5. The third-order valence-electron chi connectivity index (χ3n) is 3.15. The van der Waals surface area contributed by atoms with Crippen LogP contribution in [0.2, 0.25) is 0 Å². The molecule has 1 fully saturated rings. The summed E-state index contributed by atoms with van der Waals surface area (Å²) < 4.78 is 6.41. The summed E-state index contributed by atoms with van der Waals surface area (Å²) in [5.74, 6) is 1.61. The second-order valence-electron chi connectivity index (χ2n) is 3.90. The molecule has 0 bridgehead atoms. The van der Waals surface area contributed by atoms with Crippen molar-refractivity contribution in [3.05, 3.63) is 22.6 Å². The molecule has 1 atom stereocenters. The standard InChI is InChI=1S/C10H14BrNO/c1-7(6-12)10(4-5-10)8-2-3-9(11)13-8/h2-3,7H,4-6,12H2,1H3. The van der Waals surface area contributed by atoms with Gasteiger partial charge in [-0.05, 0) is 53.4 Å². The fraction of sp³-hybridized carbons (Fsp3) is 0.600. The number of nitrogens with two attached hydrogens (primary N) is 1. The molecule has 0 saturated heterocycles. The topological polar surface area (TPSA) is 39.2 Å². The molecular weight excluding hydrogens is 230 g/mol. The van der Waals surface area contributed by atoms with E-state index in [9.17, 15) is 0 Å². The van der Waals surface area contributed by atoms with Crippen molar-refractivity contribution < 1.29 is 4.42 Å². The zero-order valence-corrected chi connectivity index (χ0v) is 9.30. The van der Waals surface area contributed by atoms with Gasteiger partial charge in [0.15, 0.2) is 4.67 Å². The van der Waals surface area contributed by atoms with Crippen molar-refractivity contribution in [2.24, 2.45) is 11.7 Å². The van der Waals surface area contributed by atoms with Crippen LogP contribution >= 0.6 is 15.9 Å². The van der Waals surface area contributed by atoms with E-state index in [-0.39, 0.29) is 5.41 Å². The Morgan fingerprint density at radius 3 is 2.69 bits per heavy atom. The van der Waals surface area contributed by atoms with E-state index >= 15 is 0 Å². The Morgan fingerprint density at radius 2 is 2.31 bits per heavy atom. The van der Waals surface area contributed by atoms with Crippen LogP contribution in [0.4, 0.5) is 0 Å². The zero-order chi connectivity index (χ0) is 9.47. The fourth-order valence-corrected chi connectivity index (χ4v) is 2.23. The van der Waals surface area contributed by atoms with E-state index in [1.807, 2.05) is 6.07 Å². The van der Waals surface area contributed by atoms with E-state index in [4.69, 9.17) is 10.2 Å². The van der Waals surface area contributed by atoms with Gasteiger partial charge >= 0.3 is 0 Å². The van der Waals surface area contributed by atoms with E-state index in [2.05, 4.69) is 28.9 Å². The van der Waals surface area contributed by atoms with Gasteiger partial charge in [-0.2, -0.15) is 0 Å². The third-order valence-corrected chi connectivity index (χ3v) is 3.58. The summed E-state index contributed by atoms with van der Waals surface area (Å²) in [5.41, 5.74) is 5.94. The minimum Gasteiger partial charge on any atom is -0.454 e. The molecule has 2 N–H and O–H groups in total. The first-order chi connectivity index (χ1) is 6.19. The summed E-state index contributed by atoms with van der Waals surface area (Å²) in [7, 11) is 0. The van der Waals surface area contributed by atoms with Crippen LogP contribution in [0.1, 0.15) is 25.5 Å². The summed E-state index contributed by atoms with van der Waals surface area (Å²) in [5, 5.41) is 0. The van der Waals surface area contributed by atoms with E-state index in [1.54, 1.807) is 0 Å². The van der Waals surface area contributed by atoms with Crippen LogP contribution in [-0.2, 0) is 5.41 Å². The number of furan rings is 1. The average molecular weight is 244 g/mol. The Morgan fingerprint density at radius 1 is 1.62 bits per heavy atom. The lowest BCUT2D eigenvalue weighted by molar-refractivity contribution is 0.356. The second-order valence-corrected chi connectivity index (χ2v) is 4.68. The molecule has 0 aliphatic heterocycles. The van der Waals surface area contributed by atoms with Crippen LogP contribution in [0.5, 0.6) is 0 Å². The molecular formula is C10H14BrNO. The minimum absolute atomic E-state index is 0.251. The van der Waals surface area contributed by atoms with Crippen molar-refractivity contribution in [2.45, 2.75) is 25.2 Å². The van der Waals surface area contributed by atoms with Crippen LogP contribution in [0.3, 0.4) is 0 Å². The van der Waals surface area contributed by atoms with E-state index < -0.39 is 0 Å². The van der Waals surface area contributed by atoms with Gasteiger partial charge in [0, 0.05) is 5.41 Å². The Balaban J connectivity index is 2.25. The maximum Gasteiger partial charge on any atom is 0.169 e. The smallest absolute Gasteiger partial charge is 0.169 e. The largest absolute Gasteiger partial charge is 0.454 e. The molecule has 2 nitrogen and oxygen atoms in total. The number of rotatable bonds is 3. The van der Waals surface area contributed by atoms with E-state index in [1.165, 1.54) is 12.8 Å². The Bertz CT molecular complexity index is 304. The first kappa shape index (κ1) is 9.28. The SMILES string of the molecule is CC(CN)C1(c2ccc(Br)o2)CC1. The van der Waals surface area contributed by atoms with Crippen molar-refractivity contribution in [3.63, 3.8) is 0 Å². The maximum absolute atomic E-state index is 5.69. The fourth-order valence-electron chi connectivity index (χ4n) is 1.92. The van der Waals surface area contributed by atoms with Crippen molar-refractivity contribution in [3.8, 4) is 0 Å². The molecule has 0 aromatic carbocycles. The minimum atomic E-state index is 0.251. The predicted octanol–water partition coefficient (Wildman–Crippen LogP) is 2.67. The van der Waals surface area contributed by atoms with Crippen molar-refractivity contribution >= 4 is 15.9 Å². The molecule has 1 aliphatic rings. The van der Waals surface area contributed by atoms with E-state index in [0.717, 1.165) is 17.0 Å². The highest BCUT2D eigenvalue weighted by Gasteiger charge is 2.50. The Hall–Kier alpha value is -0.280. The monoisotopic (exact) mass is 243 g/mol. The maximum atomic E-state index is 5.69. The molecule has 1 aliphatic carbocycles. The number of hydrogen-bond acceptors (Lipinski definition) is 2. The molecule has 1 heterocycles. The van der Waals surface area contributed by atoms with Gasteiger partial charge < -0.3 is 10.2 Å². The molecule has 1 aromatic rings. The average Bonchev–Trinajstić information content (AvgIpc) is 2.83. The lowest BCUT2D eigenvalue weighted by Gasteiger charge is -2.19. The van der Waals surface area contributed by atoms with Gasteiger partial charge in [0.1, 0.15) is 5.76 Å².